The predicted molar refractivity (Wildman–Crippen MR) is 71.6 cm³/mol. The summed E-state index contributed by atoms with van der Waals surface area (Å²) in [6, 6.07) is 5.72. The molecule has 0 aliphatic rings. The van der Waals surface area contributed by atoms with Gasteiger partial charge in [-0.15, -0.1) is 11.8 Å². The van der Waals surface area contributed by atoms with Crippen LogP contribution in [0, 0.1) is 0 Å². The number of carbonyl (C=O) groups is 3. The number of anilines is 1. The van der Waals surface area contributed by atoms with E-state index < -0.39 is 17.2 Å². The molecule has 102 valence electrons. The van der Waals surface area contributed by atoms with Gasteiger partial charge >= 0.3 is 11.9 Å². The summed E-state index contributed by atoms with van der Waals surface area (Å²) in [5.41, 5.74) is 0.602. The second-order valence-electron chi connectivity index (χ2n) is 3.72. The molecule has 0 saturated carbocycles. The molecule has 1 aromatic rings. The number of aliphatic carboxylic acids is 1. The van der Waals surface area contributed by atoms with Crippen molar-refractivity contribution in [1.82, 2.24) is 0 Å². The first-order valence-corrected chi connectivity index (χ1v) is 6.42. The fourth-order valence-corrected chi connectivity index (χ4v) is 1.78. The van der Waals surface area contributed by atoms with Crippen LogP contribution in [0.5, 0.6) is 0 Å². The monoisotopic (exact) mass is 283 g/mol. The molecule has 0 spiro atoms. The minimum Gasteiger partial charge on any atom is -0.480 e. The van der Waals surface area contributed by atoms with Crippen molar-refractivity contribution in [3.63, 3.8) is 0 Å². The third kappa shape index (κ3) is 5.01. The smallest absolute Gasteiger partial charge is 0.335 e. The molecular formula is C12H13NO5S. The summed E-state index contributed by atoms with van der Waals surface area (Å²) in [6.45, 7) is 1.50. The van der Waals surface area contributed by atoms with E-state index in [1.807, 2.05) is 0 Å². The summed E-state index contributed by atoms with van der Waals surface area (Å²) in [5.74, 6) is -2.32. The number of rotatable bonds is 6. The Morgan fingerprint density at radius 1 is 1.21 bits per heavy atom. The third-order valence-corrected chi connectivity index (χ3v) is 3.36. The minimum atomic E-state index is -1.04. The van der Waals surface area contributed by atoms with Gasteiger partial charge in [-0.2, -0.15) is 0 Å². The Labute approximate surface area is 113 Å². The zero-order valence-corrected chi connectivity index (χ0v) is 10.9. The van der Waals surface area contributed by atoms with Crippen LogP contribution < -0.4 is 5.32 Å². The Morgan fingerprint density at radius 2 is 1.79 bits per heavy atom. The summed E-state index contributed by atoms with van der Waals surface area (Å²) in [6.07, 6.45) is 0. The van der Waals surface area contributed by atoms with Crippen LogP contribution in [0.15, 0.2) is 24.3 Å². The molecule has 1 unspecified atom stereocenters. The van der Waals surface area contributed by atoms with E-state index >= 15 is 0 Å². The molecule has 1 aromatic carbocycles. The number of nitrogens with one attached hydrogen (secondary N) is 1. The summed E-state index contributed by atoms with van der Waals surface area (Å²) >= 11 is 1.01. The van der Waals surface area contributed by atoms with Gasteiger partial charge in [-0.05, 0) is 31.2 Å². The Hall–Kier alpha value is -2.02. The first kappa shape index (κ1) is 15.0. The van der Waals surface area contributed by atoms with E-state index in [0.29, 0.717) is 5.69 Å². The SMILES string of the molecule is CC(SCC(=O)Nc1ccc(C(=O)O)cc1)C(=O)O. The zero-order chi connectivity index (χ0) is 14.4. The first-order valence-electron chi connectivity index (χ1n) is 5.37. The summed E-state index contributed by atoms with van der Waals surface area (Å²) < 4.78 is 0. The quantitative estimate of drug-likeness (QED) is 0.731. The third-order valence-electron chi connectivity index (χ3n) is 2.23. The fraction of sp³-hybridized carbons (Fsp3) is 0.250. The normalized spacial score (nSPS) is 11.6. The van der Waals surface area contributed by atoms with E-state index in [1.54, 1.807) is 0 Å². The molecule has 6 nitrogen and oxygen atoms in total. The maximum Gasteiger partial charge on any atom is 0.335 e. The largest absolute Gasteiger partial charge is 0.480 e. The average Bonchev–Trinajstić information content (AvgIpc) is 2.36. The van der Waals surface area contributed by atoms with E-state index in [-0.39, 0.29) is 17.2 Å². The number of carboxylic acid groups (broad SMARTS) is 2. The van der Waals surface area contributed by atoms with Crippen LogP contribution in [0.2, 0.25) is 0 Å². The van der Waals surface area contributed by atoms with Crippen LogP contribution in [0.3, 0.4) is 0 Å². The van der Waals surface area contributed by atoms with Crippen LogP contribution in [0.1, 0.15) is 17.3 Å². The Bertz CT molecular complexity index is 485. The first-order chi connectivity index (χ1) is 8.90. The van der Waals surface area contributed by atoms with Crippen LogP contribution >= 0.6 is 11.8 Å². The Kier molecular flexibility index (Phi) is 5.37. The molecule has 3 N–H and O–H groups in total. The Balaban J connectivity index is 2.48. The molecule has 0 radical (unpaired) electrons. The zero-order valence-electron chi connectivity index (χ0n) is 10.1. The van der Waals surface area contributed by atoms with Gasteiger partial charge in [0.25, 0.3) is 0 Å². The number of carbonyl (C=O) groups excluding carboxylic acids is 1. The van der Waals surface area contributed by atoms with Crippen LogP contribution in [-0.2, 0) is 9.59 Å². The van der Waals surface area contributed by atoms with Crippen molar-refractivity contribution in [1.29, 1.82) is 0 Å². The lowest BCUT2D eigenvalue weighted by Gasteiger charge is -2.07. The molecule has 1 amide bonds. The van der Waals surface area contributed by atoms with Crippen LogP contribution in [-0.4, -0.2) is 39.1 Å². The number of thioether (sulfide) groups is 1. The number of benzene rings is 1. The molecule has 0 aromatic heterocycles. The number of hydrogen-bond donors (Lipinski definition) is 3. The molecule has 0 heterocycles. The fourth-order valence-electron chi connectivity index (χ4n) is 1.17. The topological polar surface area (TPSA) is 104 Å². The molecule has 0 saturated heterocycles. The number of amides is 1. The molecule has 19 heavy (non-hydrogen) atoms. The molecule has 0 aliphatic carbocycles. The van der Waals surface area contributed by atoms with E-state index in [4.69, 9.17) is 10.2 Å². The highest BCUT2D eigenvalue weighted by Crippen LogP contribution is 2.13. The van der Waals surface area contributed by atoms with Gasteiger partial charge in [-0.1, -0.05) is 0 Å². The van der Waals surface area contributed by atoms with E-state index in [9.17, 15) is 14.4 Å². The van der Waals surface area contributed by atoms with Gasteiger partial charge in [0.05, 0.1) is 16.6 Å². The van der Waals surface area contributed by atoms with Gasteiger partial charge in [0.1, 0.15) is 0 Å². The second-order valence-corrected chi connectivity index (χ2v) is 5.05. The highest BCUT2D eigenvalue weighted by Gasteiger charge is 2.13. The van der Waals surface area contributed by atoms with Crippen molar-refractivity contribution in [2.75, 3.05) is 11.1 Å². The van der Waals surface area contributed by atoms with Crippen molar-refractivity contribution < 1.29 is 24.6 Å². The van der Waals surface area contributed by atoms with Crippen LogP contribution in [0.25, 0.3) is 0 Å². The molecule has 1 rings (SSSR count). The van der Waals surface area contributed by atoms with Crippen molar-refractivity contribution >= 4 is 35.3 Å². The summed E-state index contributed by atoms with van der Waals surface area (Å²) in [4.78, 5) is 32.7. The summed E-state index contributed by atoms with van der Waals surface area (Å²) in [5, 5.41) is 19.3. The lowest BCUT2D eigenvalue weighted by molar-refractivity contribution is -0.136. The van der Waals surface area contributed by atoms with E-state index in [0.717, 1.165) is 11.8 Å². The summed E-state index contributed by atoms with van der Waals surface area (Å²) in [7, 11) is 0. The molecule has 7 heteroatoms. The van der Waals surface area contributed by atoms with Gasteiger partial charge < -0.3 is 15.5 Å². The van der Waals surface area contributed by atoms with Crippen molar-refractivity contribution in [3.8, 4) is 0 Å². The maximum absolute atomic E-state index is 11.5. The predicted octanol–water partition coefficient (Wildman–Crippen LogP) is 1.53. The van der Waals surface area contributed by atoms with Crippen molar-refractivity contribution in [3.05, 3.63) is 29.8 Å². The number of hydrogen-bond acceptors (Lipinski definition) is 4. The van der Waals surface area contributed by atoms with Gasteiger partial charge in [-0.25, -0.2) is 4.79 Å². The van der Waals surface area contributed by atoms with Gasteiger partial charge in [-0.3, -0.25) is 9.59 Å². The molecule has 1 atom stereocenters. The molecule has 0 fully saturated rings. The maximum atomic E-state index is 11.5. The number of carboxylic acids is 2. The van der Waals surface area contributed by atoms with Crippen molar-refractivity contribution in [2.24, 2.45) is 0 Å². The Morgan fingerprint density at radius 3 is 2.26 bits per heavy atom. The minimum absolute atomic E-state index is 0.0220. The van der Waals surface area contributed by atoms with E-state index in [2.05, 4.69) is 5.32 Å². The lowest BCUT2D eigenvalue weighted by Crippen LogP contribution is -2.19. The highest BCUT2D eigenvalue weighted by molar-refractivity contribution is 8.01. The second kappa shape index (κ2) is 6.79. The van der Waals surface area contributed by atoms with Gasteiger partial charge in [0.2, 0.25) is 5.91 Å². The van der Waals surface area contributed by atoms with Gasteiger partial charge in [0.15, 0.2) is 0 Å². The standard InChI is InChI=1S/C12H13NO5S/c1-7(11(15)16)19-6-10(14)13-9-4-2-8(3-5-9)12(17)18/h2-5,7H,6H2,1H3,(H,13,14)(H,15,16)(H,17,18). The van der Waals surface area contributed by atoms with Gasteiger partial charge in [0, 0.05) is 5.69 Å². The van der Waals surface area contributed by atoms with E-state index in [1.165, 1.54) is 31.2 Å². The van der Waals surface area contributed by atoms with Crippen LogP contribution in [0.4, 0.5) is 5.69 Å². The molecule has 0 bridgehead atoms. The molecule has 0 aliphatic heterocycles. The lowest BCUT2D eigenvalue weighted by atomic mass is 10.2. The molecular weight excluding hydrogens is 270 g/mol. The average molecular weight is 283 g/mol. The number of aromatic carboxylic acids is 1. The van der Waals surface area contributed by atoms with Crippen molar-refractivity contribution in [2.45, 2.75) is 12.2 Å². The highest BCUT2D eigenvalue weighted by atomic mass is 32.2.